The molecule has 0 spiro atoms. The highest BCUT2D eigenvalue weighted by Gasteiger charge is 2.42. The number of terminal acetylenes is 2. The van der Waals surface area contributed by atoms with E-state index < -0.39 is 99.5 Å². The van der Waals surface area contributed by atoms with E-state index in [-0.39, 0.29) is 73.8 Å². The number of hydrogen-bond donors (Lipinski definition) is 3. The lowest BCUT2D eigenvalue weighted by atomic mass is 10.0. The first-order valence-corrected chi connectivity index (χ1v) is 34.2. The van der Waals surface area contributed by atoms with Crippen molar-refractivity contribution in [2.24, 2.45) is 0 Å². The van der Waals surface area contributed by atoms with Crippen molar-refractivity contribution < 1.29 is 75.0 Å². The predicted molar refractivity (Wildman–Crippen MR) is 357 cm³/mol. The van der Waals surface area contributed by atoms with E-state index in [1.54, 1.807) is 30.0 Å². The largest absolute Gasteiger partial charge is 0.508 e. The average Bonchev–Trinajstić information content (AvgIpc) is 1.63. The number of benzene rings is 3. The minimum Gasteiger partial charge on any atom is -0.459 e. The van der Waals surface area contributed by atoms with Crippen LogP contribution in [0.1, 0.15) is 117 Å². The van der Waals surface area contributed by atoms with Crippen LogP contribution in [0.4, 0.5) is 14.4 Å². The maximum Gasteiger partial charge on any atom is 0.508 e. The Labute approximate surface area is 571 Å². The second-order valence-corrected chi connectivity index (χ2v) is 26.6. The van der Waals surface area contributed by atoms with E-state index in [1.165, 1.54) is 67.3 Å². The lowest BCUT2D eigenvalue weighted by molar-refractivity contribution is -0.151. The summed E-state index contributed by atoms with van der Waals surface area (Å²) in [4.78, 5) is 121. The molecule has 3 N–H and O–H groups in total. The number of carbonyl (C=O) groups is 5. The number of nitrogens with zero attached hydrogens (tertiary/aromatic N) is 5. The first-order chi connectivity index (χ1) is 47.5. The van der Waals surface area contributed by atoms with Gasteiger partial charge < -0.3 is 52.8 Å². The zero-order valence-corrected chi connectivity index (χ0v) is 56.4. The quantitative estimate of drug-likeness (QED) is 0.0397. The molecule has 28 nitrogen and oxygen atoms in total. The second-order valence-electron chi connectivity index (χ2n) is 24.7. The minimum absolute atomic E-state index is 0.0206. The molecule has 528 valence electrons. The van der Waals surface area contributed by atoms with Gasteiger partial charge in [-0.05, 0) is 106 Å². The van der Waals surface area contributed by atoms with Crippen molar-refractivity contribution in [2.45, 2.75) is 146 Å². The molecule has 8 atom stereocenters. The Balaban J connectivity index is 0.000000242. The summed E-state index contributed by atoms with van der Waals surface area (Å²) in [6.07, 6.45) is 13.6. The van der Waals surface area contributed by atoms with Crippen LogP contribution in [0.2, 0.25) is 0 Å². The minimum atomic E-state index is -3.75. The number of sulfone groups is 1. The fourth-order valence-electron chi connectivity index (χ4n) is 12.3. The van der Waals surface area contributed by atoms with Crippen LogP contribution in [0.3, 0.4) is 0 Å². The van der Waals surface area contributed by atoms with E-state index in [0.717, 1.165) is 54.6 Å². The summed E-state index contributed by atoms with van der Waals surface area (Å²) in [6, 6.07) is 22.0. The number of aryl methyl sites for hydroxylation is 2. The molecule has 4 fully saturated rings. The fraction of sp³-hybridized carbons (Fsp3) is 0.471. The molecule has 5 aromatic rings. The number of hydrogen-bond acceptors (Lipinski definition) is 23. The van der Waals surface area contributed by atoms with E-state index in [0.29, 0.717) is 56.3 Å². The number of H-pyrrole nitrogens is 2. The van der Waals surface area contributed by atoms with Gasteiger partial charge >= 0.3 is 41.7 Å². The van der Waals surface area contributed by atoms with Crippen molar-refractivity contribution in [3.63, 3.8) is 0 Å². The van der Waals surface area contributed by atoms with Crippen molar-refractivity contribution in [3.8, 4) is 24.7 Å². The summed E-state index contributed by atoms with van der Waals surface area (Å²) < 4.78 is 78.1. The Morgan fingerprint density at radius 3 is 1.63 bits per heavy atom. The monoisotopic (exact) mass is 1390 g/mol. The third-order valence-corrected chi connectivity index (χ3v) is 19.3. The predicted octanol–water partition coefficient (Wildman–Crippen LogP) is 5.36. The van der Waals surface area contributed by atoms with Gasteiger partial charge in [0, 0.05) is 119 Å². The van der Waals surface area contributed by atoms with Crippen LogP contribution in [0.15, 0.2) is 114 Å². The van der Waals surface area contributed by atoms with Gasteiger partial charge in [-0.3, -0.25) is 48.1 Å². The number of aromatic nitrogens is 4. The molecular weight excluding hydrogens is 1300 g/mol. The molecular formula is C70H82N8O20S. The lowest BCUT2D eigenvalue weighted by Gasteiger charge is -2.38. The van der Waals surface area contributed by atoms with Crippen LogP contribution in [-0.4, -0.2) is 181 Å². The van der Waals surface area contributed by atoms with Gasteiger partial charge in [0.2, 0.25) is 9.84 Å². The average molecular weight is 1390 g/mol. The smallest absolute Gasteiger partial charge is 0.459 e. The molecule has 1 amide bonds. The van der Waals surface area contributed by atoms with Crippen molar-refractivity contribution in [1.82, 2.24) is 39.1 Å². The number of fused-ring (bicyclic) bond motifs is 1. The molecule has 99 heavy (non-hydrogen) atoms. The van der Waals surface area contributed by atoms with Crippen molar-refractivity contribution in [1.29, 1.82) is 0 Å². The highest BCUT2D eigenvalue weighted by molar-refractivity contribution is 7.95. The molecule has 0 radical (unpaired) electrons. The van der Waals surface area contributed by atoms with Crippen LogP contribution >= 0.6 is 0 Å². The number of rotatable bonds is 24. The zero-order valence-electron chi connectivity index (χ0n) is 55.6. The topological polar surface area (TPSA) is 334 Å². The third-order valence-electron chi connectivity index (χ3n) is 17.4. The molecule has 7 heterocycles. The Morgan fingerprint density at radius 1 is 0.636 bits per heavy atom. The summed E-state index contributed by atoms with van der Waals surface area (Å²) in [5.74, 6) is 4.09. The molecule has 0 aliphatic carbocycles. The standard InChI is InChI=1S/C40H44N4O12S.C30H38N4O8/c1-4-28-12-14-29(15-13-28)22-42(23-31-10-7-8-16-43(31)39(48)53-24-32-19-30-9-5-6-11-35(30)57(32,50)51)17-18-52-40(49)54-25-34-33(55-27(3)45)20-36(56-34)44-21-26(2)37(46)41-38(44)47;1-4-22-8-10-23(11-9-22)17-33(18-24-7-5-6-12-31-24)13-14-39-30(38)40-19-26-25(41-21(3)35)15-27(42-26)34-16-20(2)28(36)32-29(34)37/h1,5-6,9,11-15,19,21,31,33-34,36H,7-8,10,16-18,20,22-25H2,2-3H3,(H,41,46,47);1,8-11,16,24-27,31H,5-7,12-15,17-19H2,2-3H3,(H,32,36,37)/t31?,33?,34-,36-;24?,25?,26-,27-/m11/s1. The molecule has 3 aromatic carbocycles. The number of likely N-dealkylation sites (tertiary alicyclic amines) is 1. The van der Waals surface area contributed by atoms with Gasteiger partial charge in [0.1, 0.15) is 69.9 Å². The van der Waals surface area contributed by atoms with Crippen LogP contribution in [0.25, 0.3) is 6.08 Å². The number of aromatic amines is 2. The van der Waals surface area contributed by atoms with Gasteiger partial charge in [0.05, 0.1) is 9.80 Å². The summed E-state index contributed by atoms with van der Waals surface area (Å²) in [5.41, 5.74) is 2.34. The van der Waals surface area contributed by atoms with Crippen LogP contribution in [0.5, 0.6) is 0 Å². The molecule has 29 heteroatoms. The first kappa shape index (κ1) is 73.6. The number of carbonyl (C=O) groups excluding carboxylic acids is 5. The molecule has 2 aromatic heterocycles. The molecule has 4 saturated heterocycles. The Morgan fingerprint density at radius 2 is 1.14 bits per heavy atom. The molecule has 0 bridgehead atoms. The Kier molecular flexibility index (Phi) is 25.8. The highest BCUT2D eigenvalue weighted by Crippen LogP contribution is 2.34. The highest BCUT2D eigenvalue weighted by atomic mass is 32.2. The van der Waals surface area contributed by atoms with Crippen molar-refractivity contribution in [3.05, 3.63) is 171 Å². The number of amides is 1. The summed E-state index contributed by atoms with van der Waals surface area (Å²) >= 11 is 0. The molecule has 10 rings (SSSR count). The van der Waals surface area contributed by atoms with Crippen LogP contribution in [-0.2, 0) is 75.1 Å². The second kappa shape index (κ2) is 34.7. The van der Waals surface area contributed by atoms with Crippen molar-refractivity contribution in [2.75, 3.05) is 72.3 Å². The Hall–Kier alpha value is -9.62. The van der Waals surface area contributed by atoms with E-state index >= 15 is 0 Å². The molecule has 4 unspecified atom stereocenters. The number of nitrogens with one attached hydrogen (secondary N) is 3. The maximum absolute atomic E-state index is 13.5. The van der Waals surface area contributed by atoms with Gasteiger partial charge in [-0.15, -0.1) is 12.8 Å². The summed E-state index contributed by atoms with van der Waals surface area (Å²) in [5, 5.41) is 3.56. The number of ether oxygens (including phenoxy) is 9. The SMILES string of the molecule is C#Cc1ccc(CN(CCOC(=O)OC[C@H]2O[C@@H](n3cc(C)c(=O)[nH]c3=O)CC2OC(C)=O)CC2CCCCN2)cc1.C#Cc1ccc(CN(CCOC(=O)OC[C@H]2O[C@@H](n3cc(C)c(=O)[nH]c3=O)CC2OC(C)=O)CC2CCCCN2C(=O)OCC2=Cc3ccccc3S2(=O)=O)cc1. The van der Waals surface area contributed by atoms with Gasteiger partial charge in [-0.2, -0.15) is 0 Å². The number of esters is 2. The van der Waals surface area contributed by atoms with Crippen molar-refractivity contribution >= 4 is 46.3 Å². The van der Waals surface area contributed by atoms with E-state index in [9.17, 15) is 51.6 Å². The van der Waals surface area contributed by atoms with E-state index in [1.807, 2.05) is 53.4 Å². The van der Waals surface area contributed by atoms with Gasteiger partial charge in [-0.25, -0.2) is 32.4 Å². The third kappa shape index (κ3) is 20.5. The Bertz CT molecular complexity index is 4170. The van der Waals surface area contributed by atoms with Gasteiger partial charge in [-0.1, -0.05) is 60.7 Å². The number of piperidine rings is 2. The zero-order chi connectivity index (χ0) is 70.8. The summed E-state index contributed by atoms with van der Waals surface area (Å²) in [7, 11) is -3.75. The molecule has 5 aliphatic rings. The van der Waals surface area contributed by atoms with Crippen LogP contribution in [0, 0.1) is 38.5 Å². The van der Waals surface area contributed by atoms with E-state index in [4.69, 9.17) is 55.5 Å². The van der Waals surface area contributed by atoms with Crippen LogP contribution < -0.4 is 27.8 Å². The normalized spacial score (nSPS) is 21.4. The molecule has 5 aliphatic heterocycles. The molecule has 0 saturated carbocycles. The van der Waals surface area contributed by atoms with Gasteiger partial charge in [0.25, 0.3) is 11.1 Å². The lowest BCUT2D eigenvalue weighted by Crippen LogP contribution is -2.50. The fourth-order valence-corrected chi connectivity index (χ4v) is 13.8. The van der Waals surface area contributed by atoms with Gasteiger partial charge in [0.15, 0.2) is 0 Å². The summed E-state index contributed by atoms with van der Waals surface area (Å²) in [6.45, 7) is 9.08. The maximum atomic E-state index is 13.5. The van der Waals surface area contributed by atoms with E-state index in [2.05, 4.69) is 32.0 Å². The first-order valence-electron chi connectivity index (χ1n) is 32.7.